The lowest BCUT2D eigenvalue weighted by atomic mass is 10.9. The highest BCUT2D eigenvalue weighted by Crippen LogP contribution is 2.48. The van der Waals surface area contributed by atoms with Crippen molar-refractivity contribution in [1.29, 1.82) is 0 Å². The fourth-order valence-corrected chi connectivity index (χ4v) is 2.39. The van der Waals surface area contributed by atoms with E-state index < -0.39 is 7.37 Å². The van der Waals surface area contributed by atoms with Gasteiger partial charge < -0.3 is 14.2 Å². The van der Waals surface area contributed by atoms with Gasteiger partial charge in [-0.1, -0.05) is 0 Å². The Labute approximate surface area is 86.3 Å². The molecule has 0 aromatic heterocycles. The van der Waals surface area contributed by atoms with E-state index >= 15 is 0 Å². The molecule has 0 bridgehead atoms. The first-order valence-electron chi connectivity index (χ1n) is 4.71. The van der Waals surface area contributed by atoms with Crippen molar-refractivity contribution in [2.75, 3.05) is 33.7 Å². The molecule has 0 saturated carbocycles. The Morgan fingerprint density at radius 3 is 2.36 bits per heavy atom. The molecule has 0 radical (unpaired) electrons. The molecule has 5 heteroatoms. The maximum Gasteiger partial charge on any atom is 0.251 e. The molecule has 84 valence electrons. The first-order valence-corrected chi connectivity index (χ1v) is 6.58. The molecule has 1 atom stereocenters. The van der Waals surface area contributed by atoms with Crippen LogP contribution in [0.15, 0.2) is 12.0 Å². The summed E-state index contributed by atoms with van der Waals surface area (Å²) in [7, 11) is 1.00. The van der Waals surface area contributed by atoms with Crippen molar-refractivity contribution in [3.05, 3.63) is 12.0 Å². The van der Waals surface area contributed by atoms with Gasteiger partial charge in [0, 0.05) is 32.7 Å². The van der Waals surface area contributed by atoms with Crippen molar-refractivity contribution in [2.45, 2.75) is 13.8 Å². The summed E-state index contributed by atoms with van der Waals surface area (Å²) in [5, 5.41) is 0. The van der Waals surface area contributed by atoms with E-state index in [0.717, 1.165) is 0 Å². The fraction of sp³-hybridized carbons (Fsp3) is 0.778. The first-order chi connectivity index (χ1) is 6.54. The Hall–Kier alpha value is -0.310. The van der Waals surface area contributed by atoms with Crippen LogP contribution in [0.2, 0.25) is 0 Å². The highest BCUT2D eigenvalue weighted by atomic mass is 31.2. The third kappa shape index (κ3) is 6.19. The number of ether oxygens (including phenoxy) is 1. The van der Waals surface area contributed by atoms with Crippen molar-refractivity contribution in [3.8, 4) is 0 Å². The Balaban J connectivity index is 4.30. The van der Waals surface area contributed by atoms with Crippen molar-refractivity contribution in [2.24, 2.45) is 0 Å². The molecule has 0 spiro atoms. The minimum atomic E-state index is -2.73. The lowest BCUT2D eigenvalue weighted by Gasteiger charge is -2.14. The van der Waals surface area contributed by atoms with E-state index in [1.165, 1.54) is 0 Å². The van der Waals surface area contributed by atoms with E-state index in [0.29, 0.717) is 13.2 Å². The van der Waals surface area contributed by atoms with Gasteiger partial charge >= 0.3 is 0 Å². The zero-order chi connectivity index (χ0) is 11.0. The molecule has 0 aliphatic heterocycles. The van der Waals surface area contributed by atoms with Crippen molar-refractivity contribution in [3.63, 3.8) is 0 Å². The van der Waals surface area contributed by atoms with Crippen molar-refractivity contribution < 1.29 is 13.8 Å². The molecule has 0 heterocycles. The third-order valence-corrected chi connectivity index (χ3v) is 3.24. The van der Waals surface area contributed by atoms with E-state index in [1.54, 1.807) is 12.0 Å². The summed E-state index contributed by atoms with van der Waals surface area (Å²) in [6.45, 7) is 4.67. The van der Waals surface area contributed by atoms with E-state index in [9.17, 15) is 4.57 Å². The number of nitrogens with zero attached hydrogens (tertiary/aromatic N) is 1. The molecule has 0 saturated heterocycles. The van der Waals surface area contributed by atoms with Gasteiger partial charge in [-0.2, -0.15) is 0 Å². The predicted octanol–water partition coefficient (Wildman–Crippen LogP) is 2.33. The molecule has 0 aromatic carbocycles. The largest absolute Gasteiger partial charge is 0.383 e. The van der Waals surface area contributed by atoms with Crippen LogP contribution in [0, 0.1) is 0 Å². The van der Waals surface area contributed by atoms with Crippen molar-refractivity contribution in [1.82, 2.24) is 4.90 Å². The van der Waals surface area contributed by atoms with E-state index in [-0.39, 0.29) is 6.35 Å². The van der Waals surface area contributed by atoms with Crippen LogP contribution in [0.4, 0.5) is 0 Å². The second kappa shape index (κ2) is 7.04. The summed E-state index contributed by atoms with van der Waals surface area (Å²) in [4.78, 5) is 1.82. The Kier molecular flexibility index (Phi) is 6.89. The summed E-state index contributed by atoms with van der Waals surface area (Å²) >= 11 is 0. The summed E-state index contributed by atoms with van der Waals surface area (Å²) in [6.07, 6.45) is 1.89. The van der Waals surface area contributed by atoms with Crippen LogP contribution >= 0.6 is 7.37 Å². The van der Waals surface area contributed by atoms with Crippen LogP contribution < -0.4 is 0 Å². The molecule has 0 amide bonds. The van der Waals surface area contributed by atoms with Gasteiger partial charge in [0.05, 0.1) is 6.61 Å². The maximum atomic E-state index is 12.0. The summed E-state index contributed by atoms with van der Waals surface area (Å²) in [5.41, 5.74) is 0. The minimum Gasteiger partial charge on any atom is -0.383 e. The topological polar surface area (TPSA) is 38.8 Å². The smallest absolute Gasteiger partial charge is 0.251 e. The van der Waals surface area contributed by atoms with Gasteiger partial charge in [-0.25, -0.2) is 0 Å². The van der Waals surface area contributed by atoms with E-state index in [1.807, 2.05) is 32.8 Å². The highest BCUT2D eigenvalue weighted by molar-refractivity contribution is 7.62. The first kappa shape index (κ1) is 13.7. The van der Waals surface area contributed by atoms with E-state index in [2.05, 4.69) is 0 Å². The molecule has 0 N–H and O–H groups in total. The Morgan fingerprint density at radius 1 is 1.29 bits per heavy atom. The van der Waals surface area contributed by atoms with Gasteiger partial charge in [0.15, 0.2) is 0 Å². The molecule has 1 unspecified atom stereocenters. The average molecular weight is 221 g/mol. The molecule has 0 rings (SSSR count). The zero-order valence-electron chi connectivity index (χ0n) is 9.40. The summed E-state index contributed by atoms with van der Waals surface area (Å²) in [6, 6.07) is 0. The lowest BCUT2D eigenvalue weighted by molar-refractivity contribution is 0.177. The molecule has 4 nitrogen and oxygen atoms in total. The number of hydrogen-bond donors (Lipinski definition) is 0. The fourth-order valence-electron chi connectivity index (χ4n) is 0.795. The average Bonchev–Trinajstić information content (AvgIpc) is 2.13. The van der Waals surface area contributed by atoms with Crippen LogP contribution in [0.3, 0.4) is 0 Å². The van der Waals surface area contributed by atoms with Gasteiger partial charge in [-0.3, -0.25) is 4.57 Å². The summed E-state index contributed by atoms with van der Waals surface area (Å²) in [5.74, 6) is 1.59. The van der Waals surface area contributed by atoms with Crippen molar-refractivity contribution >= 4 is 7.37 Å². The quantitative estimate of drug-likeness (QED) is 0.618. The second-order valence-corrected chi connectivity index (χ2v) is 5.29. The van der Waals surface area contributed by atoms with Crippen LogP contribution in [0.5, 0.6) is 0 Å². The summed E-state index contributed by atoms with van der Waals surface area (Å²) < 4.78 is 22.3. The number of rotatable bonds is 7. The minimum absolute atomic E-state index is 0.154. The molecule has 0 aliphatic carbocycles. The second-order valence-electron chi connectivity index (χ2n) is 3.03. The van der Waals surface area contributed by atoms with Gasteiger partial charge in [0.25, 0.3) is 7.37 Å². The highest BCUT2D eigenvalue weighted by Gasteiger charge is 2.18. The predicted molar refractivity (Wildman–Crippen MR) is 58.6 cm³/mol. The number of hydrogen-bond acceptors (Lipinski definition) is 4. The molecule has 0 aliphatic rings. The molecular weight excluding hydrogens is 201 g/mol. The van der Waals surface area contributed by atoms with Gasteiger partial charge in [-0.15, -0.1) is 0 Å². The zero-order valence-corrected chi connectivity index (χ0v) is 10.3. The van der Waals surface area contributed by atoms with Crippen LogP contribution in [0.1, 0.15) is 13.8 Å². The van der Waals surface area contributed by atoms with Crippen LogP contribution in [-0.2, 0) is 13.8 Å². The normalized spacial score (nSPS) is 15.7. The van der Waals surface area contributed by atoms with Crippen LogP contribution in [0.25, 0.3) is 0 Å². The molecular formula is C9H20NO3P. The van der Waals surface area contributed by atoms with Gasteiger partial charge in [0.2, 0.25) is 0 Å². The molecule has 0 fully saturated rings. The van der Waals surface area contributed by atoms with E-state index in [4.69, 9.17) is 9.26 Å². The standard InChI is InChI=1S/C9H20NO3P/c1-5-12-9-14(11,13-6-2)8-7-10(3)4/h7-8H,5-6,9H2,1-4H3. The monoisotopic (exact) mass is 221 g/mol. The van der Waals surface area contributed by atoms with Gasteiger partial charge in [0.1, 0.15) is 6.35 Å². The SMILES string of the molecule is CCOCP(=O)(C=CN(C)C)OCC. The maximum absolute atomic E-state index is 12.0. The molecule has 0 aromatic rings. The Bertz CT molecular complexity index is 216. The lowest BCUT2D eigenvalue weighted by Crippen LogP contribution is -2.02. The van der Waals surface area contributed by atoms with Gasteiger partial charge in [-0.05, 0) is 13.8 Å². The third-order valence-electron chi connectivity index (χ3n) is 1.41. The Morgan fingerprint density at radius 2 is 1.93 bits per heavy atom. The van der Waals surface area contributed by atoms with Crippen LogP contribution in [-0.4, -0.2) is 38.6 Å². The molecule has 14 heavy (non-hydrogen) atoms.